The molecule has 0 bridgehead atoms. The highest BCUT2D eigenvalue weighted by molar-refractivity contribution is 5.48. The van der Waals surface area contributed by atoms with Crippen LogP contribution in [-0.2, 0) is 0 Å². The van der Waals surface area contributed by atoms with Crippen molar-refractivity contribution < 1.29 is 4.74 Å². The molecule has 1 saturated carbocycles. The first-order valence-corrected chi connectivity index (χ1v) is 7.93. The third kappa shape index (κ3) is 3.42. The maximum absolute atomic E-state index is 6.09. The fourth-order valence-electron chi connectivity index (χ4n) is 3.18. The minimum atomic E-state index is 0.362. The summed E-state index contributed by atoms with van der Waals surface area (Å²) in [4.78, 5) is 6.71. The number of aromatic nitrogens is 1. The van der Waals surface area contributed by atoms with Crippen LogP contribution in [-0.4, -0.2) is 30.2 Å². The van der Waals surface area contributed by atoms with Crippen LogP contribution in [0.25, 0.3) is 0 Å². The van der Waals surface area contributed by atoms with Crippen molar-refractivity contribution in [3.05, 3.63) is 18.5 Å². The molecule has 0 radical (unpaired) electrons. The topological polar surface area (TPSA) is 51.4 Å². The van der Waals surface area contributed by atoms with Gasteiger partial charge in [-0.1, -0.05) is 6.42 Å². The van der Waals surface area contributed by atoms with E-state index < -0.39 is 0 Å². The first kappa shape index (κ1) is 13.7. The average molecular weight is 275 g/mol. The Hall–Kier alpha value is -1.29. The van der Waals surface area contributed by atoms with Gasteiger partial charge in [0.05, 0.1) is 24.2 Å². The average Bonchev–Trinajstić information content (AvgIpc) is 2.49. The summed E-state index contributed by atoms with van der Waals surface area (Å²) in [5.41, 5.74) is 7.13. The molecular weight excluding hydrogens is 250 g/mol. The first-order valence-electron chi connectivity index (χ1n) is 7.93. The summed E-state index contributed by atoms with van der Waals surface area (Å²) in [6, 6.07) is 2.50. The summed E-state index contributed by atoms with van der Waals surface area (Å²) in [5.74, 6) is 0.921. The van der Waals surface area contributed by atoms with Gasteiger partial charge in [0, 0.05) is 25.2 Å². The molecule has 2 aliphatic rings. The molecule has 0 amide bonds. The van der Waals surface area contributed by atoms with Crippen LogP contribution in [0.2, 0.25) is 0 Å². The lowest BCUT2D eigenvalue weighted by molar-refractivity contribution is 0.154. The van der Waals surface area contributed by atoms with Crippen molar-refractivity contribution in [1.29, 1.82) is 0 Å². The number of piperidine rings is 1. The molecule has 1 saturated heterocycles. The molecule has 4 heteroatoms. The molecule has 0 spiro atoms. The Kier molecular flexibility index (Phi) is 4.41. The van der Waals surface area contributed by atoms with Crippen molar-refractivity contribution in [2.24, 2.45) is 5.73 Å². The number of nitrogens with zero attached hydrogens (tertiary/aromatic N) is 2. The van der Waals surface area contributed by atoms with E-state index in [0.717, 1.165) is 31.7 Å². The third-order valence-electron chi connectivity index (χ3n) is 4.46. The van der Waals surface area contributed by atoms with Gasteiger partial charge < -0.3 is 15.4 Å². The van der Waals surface area contributed by atoms with E-state index in [4.69, 9.17) is 10.5 Å². The molecule has 0 aromatic carbocycles. The summed E-state index contributed by atoms with van der Waals surface area (Å²) in [6.07, 6.45) is 12.6. The number of rotatable bonds is 3. The lowest BCUT2D eigenvalue weighted by Crippen LogP contribution is -2.39. The molecule has 1 aliphatic heterocycles. The second-order valence-corrected chi connectivity index (χ2v) is 6.08. The molecule has 2 N–H and O–H groups in total. The van der Waals surface area contributed by atoms with Crippen LogP contribution in [0.15, 0.2) is 18.5 Å². The fourth-order valence-corrected chi connectivity index (χ4v) is 3.18. The van der Waals surface area contributed by atoms with E-state index >= 15 is 0 Å². The van der Waals surface area contributed by atoms with Crippen molar-refractivity contribution in [3.63, 3.8) is 0 Å². The predicted molar refractivity (Wildman–Crippen MR) is 81.2 cm³/mol. The highest BCUT2D eigenvalue weighted by Gasteiger charge is 2.18. The maximum atomic E-state index is 6.09. The van der Waals surface area contributed by atoms with Crippen molar-refractivity contribution in [3.8, 4) is 5.75 Å². The standard InChI is InChI=1S/C16H25N3O/c17-13-6-8-19(9-7-13)14-10-16(12-18-11-14)20-15-4-2-1-3-5-15/h10-13,15H,1-9,17H2. The molecule has 3 rings (SSSR count). The molecule has 2 heterocycles. The molecular formula is C16H25N3O. The van der Waals surface area contributed by atoms with Crippen LogP contribution in [0.5, 0.6) is 5.75 Å². The second-order valence-electron chi connectivity index (χ2n) is 6.08. The van der Waals surface area contributed by atoms with Gasteiger partial charge in [-0.2, -0.15) is 0 Å². The van der Waals surface area contributed by atoms with E-state index in [1.807, 2.05) is 12.4 Å². The highest BCUT2D eigenvalue weighted by atomic mass is 16.5. The second kappa shape index (κ2) is 6.44. The summed E-state index contributed by atoms with van der Waals surface area (Å²) in [6.45, 7) is 2.05. The first-order chi connectivity index (χ1) is 9.81. The number of anilines is 1. The predicted octanol–water partition coefficient (Wildman–Crippen LogP) is 2.72. The van der Waals surface area contributed by atoms with Crippen molar-refractivity contribution in [2.45, 2.75) is 57.1 Å². The van der Waals surface area contributed by atoms with Crippen LogP contribution in [0.4, 0.5) is 5.69 Å². The van der Waals surface area contributed by atoms with E-state index in [9.17, 15) is 0 Å². The van der Waals surface area contributed by atoms with Gasteiger partial charge in [-0.05, 0) is 38.5 Å². The third-order valence-corrected chi connectivity index (χ3v) is 4.46. The Balaban J connectivity index is 1.63. The lowest BCUT2D eigenvalue weighted by Gasteiger charge is -2.32. The van der Waals surface area contributed by atoms with Crippen molar-refractivity contribution >= 4 is 5.69 Å². The number of hydrogen-bond donors (Lipinski definition) is 1. The van der Waals surface area contributed by atoms with Crippen LogP contribution in [0.1, 0.15) is 44.9 Å². The van der Waals surface area contributed by atoms with Gasteiger partial charge in [-0.15, -0.1) is 0 Å². The van der Waals surface area contributed by atoms with Gasteiger partial charge in [0.2, 0.25) is 0 Å². The van der Waals surface area contributed by atoms with Crippen LogP contribution < -0.4 is 15.4 Å². The number of hydrogen-bond acceptors (Lipinski definition) is 4. The van der Waals surface area contributed by atoms with E-state index in [0.29, 0.717) is 12.1 Å². The van der Waals surface area contributed by atoms with Gasteiger partial charge in [-0.25, -0.2) is 0 Å². The van der Waals surface area contributed by atoms with Crippen molar-refractivity contribution in [2.75, 3.05) is 18.0 Å². The maximum Gasteiger partial charge on any atom is 0.140 e. The number of ether oxygens (including phenoxy) is 1. The number of pyridine rings is 1. The van der Waals surface area contributed by atoms with Gasteiger partial charge in [-0.3, -0.25) is 4.98 Å². The highest BCUT2D eigenvalue weighted by Crippen LogP contribution is 2.26. The fraction of sp³-hybridized carbons (Fsp3) is 0.688. The zero-order valence-electron chi connectivity index (χ0n) is 12.1. The number of nitrogens with two attached hydrogens (primary N) is 1. The smallest absolute Gasteiger partial charge is 0.140 e. The van der Waals surface area contributed by atoms with Crippen LogP contribution in [0, 0.1) is 0 Å². The van der Waals surface area contributed by atoms with Gasteiger partial charge in [0.25, 0.3) is 0 Å². The van der Waals surface area contributed by atoms with E-state index in [1.54, 1.807) is 0 Å². The molecule has 2 fully saturated rings. The minimum Gasteiger partial charge on any atom is -0.489 e. The zero-order valence-corrected chi connectivity index (χ0v) is 12.1. The van der Waals surface area contributed by atoms with Crippen LogP contribution >= 0.6 is 0 Å². The summed E-state index contributed by atoms with van der Waals surface area (Å²) < 4.78 is 6.09. The van der Waals surface area contributed by atoms with Gasteiger partial charge in [0.15, 0.2) is 0 Å². The molecule has 4 nitrogen and oxygen atoms in total. The molecule has 20 heavy (non-hydrogen) atoms. The van der Waals surface area contributed by atoms with E-state index in [2.05, 4.69) is 16.0 Å². The minimum absolute atomic E-state index is 0.362. The Labute approximate surface area is 121 Å². The normalized spacial score (nSPS) is 21.9. The van der Waals surface area contributed by atoms with Gasteiger partial charge in [0.1, 0.15) is 5.75 Å². The Morgan fingerprint density at radius 3 is 2.55 bits per heavy atom. The molecule has 0 atom stereocenters. The molecule has 1 aliphatic carbocycles. The molecule has 0 unspecified atom stereocenters. The zero-order chi connectivity index (χ0) is 13.8. The van der Waals surface area contributed by atoms with E-state index in [-0.39, 0.29) is 0 Å². The summed E-state index contributed by atoms with van der Waals surface area (Å²) >= 11 is 0. The molecule has 1 aromatic rings. The molecule has 110 valence electrons. The van der Waals surface area contributed by atoms with Crippen LogP contribution in [0.3, 0.4) is 0 Å². The quantitative estimate of drug-likeness (QED) is 0.921. The lowest BCUT2D eigenvalue weighted by atomic mass is 9.98. The van der Waals surface area contributed by atoms with Crippen molar-refractivity contribution in [1.82, 2.24) is 4.98 Å². The molecule has 1 aromatic heterocycles. The Morgan fingerprint density at radius 1 is 1.05 bits per heavy atom. The van der Waals surface area contributed by atoms with E-state index in [1.165, 1.54) is 37.8 Å². The monoisotopic (exact) mass is 275 g/mol. The summed E-state index contributed by atoms with van der Waals surface area (Å²) in [5, 5.41) is 0. The Morgan fingerprint density at radius 2 is 1.80 bits per heavy atom. The largest absolute Gasteiger partial charge is 0.489 e. The summed E-state index contributed by atoms with van der Waals surface area (Å²) in [7, 11) is 0. The SMILES string of the molecule is NC1CCN(c2cncc(OC3CCCCC3)c2)CC1. The Bertz CT molecular complexity index is 423. The van der Waals surface area contributed by atoms with Gasteiger partial charge >= 0.3 is 0 Å².